The molecule has 1 saturated carbocycles. The average Bonchev–Trinajstić information content (AvgIpc) is 3.31. The molecule has 1 aromatic heterocycles. The van der Waals surface area contributed by atoms with Crippen molar-refractivity contribution < 1.29 is 24.4 Å². The Balaban J connectivity index is 1.31. The number of aromatic hydroxyl groups is 1. The highest BCUT2D eigenvalue weighted by molar-refractivity contribution is 5.34. The largest absolute Gasteiger partial charge is 0.503 e. The van der Waals surface area contributed by atoms with Crippen molar-refractivity contribution in [1.29, 1.82) is 0 Å². The van der Waals surface area contributed by atoms with Crippen LogP contribution in [0.4, 0.5) is 0 Å². The molecular formula is C23H30N2O5. The first-order chi connectivity index (χ1) is 14.6. The minimum Gasteiger partial charge on any atom is -0.503 e. The molecule has 7 nitrogen and oxygen atoms in total. The first-order valence-electron chi connectivity index (χ1n) is 10.5. The Morgan fingerprint density at radius 3 is 2.27 bits per heavy atom. The number of hydrogen-bond donors (Lipinski definition) is 2. The van der Waals surface area contributed by atoms with Crippen molar-refractivity contribution in [3.63, 3.8) is 0 Å². The molecule has 7 heteroatoms. The fourth-order valence-electron chi connectivity index (χ4n) is 4.82. The summed E-state index contributed by atoms with van der Waals surface area (Å²) in [5.41, 5.74) is 0.741. The maximum absolute atomic E-state index is 9.92. The molecule has 0 bridgehead atoms. The number of nitrogens with zero attached hydrogens (tertiary/aromatic N) is 2. The van der Waals surface area contributed by atoms with Gasteiger partial charge in [0.25, 0.3) is 5.88 Å². The van der Waals surface area contributed by atoms with Crippen LogP contribution in [-0.2, 0) is 0 Å². The summed E-state index contributed by atoms with van der Waals surface area (Å²) >= 11 is 0. The van der Waals surface area contributed by atoms with Gasteiger partial charge in [0.05, 0.1) is 32.6 Å². The molecular weight excluding hydrogens is 384 g/mol. The van der Waals surface area contributed by atoms with Crippen LogP contribution in [0.3, 0.4) is 0 Å². The van der Waals surface area contributed by atoms with Crippen molar-refractivity contribution >= 4 is 0 Å². The Hall–Kier alpha value is -2.51. The predicted octanol–water partition coefficient (Wildman–Crippen LogP) is 2.67. The number of fused-ring (bicyclic) bond motifs is 1. The first kappa shape index (κ1) is 20.8. The van der Waals surface area contributed by atoms with Gasteiger partial charge in [-0.1, -0.05) is 0 Å². The lowest BCUT2D eigenvalue weighted by molar-refractivity contribution is 0.174. The van der Waals surface area contributed by atoms with E-state index >= 15 is 0 Å². The molecule has 1 aliphatic carbocycles. The van der Waals surface area contributed by atoms with Crippen LogP contribution in [0.5, 0.6) is 23.1 Å². The van der Waals surface area contributed by atoms with Crippen LogP contribution in [0.25, 0.3) is 0 Å². The summed E-state index contributed by atoms with van der Waals surface area (Å²) in [6, 6.07) is 11.1. The van der Waals surface area contributed by atoms with Crippen LogP contribution in [-0.4, -0.2) is 66.7 Å². The third-order valence-electron chi connectivity index (χ3n) is 6.32. The fourth-order valence-corrected chi connectivity index (χ4v) is 4.82. The normalized spacial score (nSPS) is 24.4. The van der Waals surface area contributed by atoms with E-state index in [1.54, 1.807) is 19.2 Å². The Kier molecular flexibility index (Phi) is 6.29. The van der Waals surface area contributed by atoms with Gasteiger partial charge in [0.1, 0.15) is 11.5 Å². The van der Waals surface area contributed by atoms with Gasteiger partial charge in [0, 0.05) is 25.6 Å². The molecule has 1 saturated heterocycles. The van der Waals surface area contributed by atoms with E-state index in [4.69, 9.17) is 14.2 Å². The van der Waals surface area contributed by atoms with Gasteiger partial charge in [-0.05, 0) is 61.1 Å². The third-order valence-corrected chi connectivity index (χ3v) is 6.32. The van der Waals surface area contributed by atoms with Crippen LogP contribution in [0.1, 0.15) is 24.5 Å². The summed E-state index contributed by atoms with van der Waals surface area (Å²) in [4.78, 5) is 6.78. The Labute approximate surface area is 177 Å². The lowest BCUT2D eigenvalue weighted by Crippen LogP contribution is -2.30. The van der Waals surface area contributed by atoms with Crippen LogP contribution < -0.4 is 14.2 Å². The summed E-state index contributed by atoms with van der Waals surface area (Å²) in [5.74, 6) is 3.07. The number of likely N-dealkylation sites (tertiary alicyclic amines) is 1. The van der Waals surface area contributed by atoms with Gasteiger partial charge >= 0.3 is 0 Å². The molecule has 1 unspecified atom stereocenters. The fraction of sp³-hybridized carbons (Fsp3) is 0.522. The van der Waals surface area contributed by atoms with Crippen molar-refractivity contribution in [1.82, 2.24) is 9.88 Å². The minimum atomic E-state index is -0.107. The third kappa shape index (κ3) is 4.47. The van der Waals surface area contributed by atoms with Crippen molar-refractivity contribution in [2.45, 2.75) is 24.9 Å². The quantitative estimate of drug-likeness (QED) is 0.687. The summed E-state index contributed by atoms with van der Waals surface area (Å²) < 4.78 is 16.5. The van der Waals surface area contributed by atoms with E-state index in [-0.39, 0.29) is 30.3 Å². The van der Waals surface area contributed by atoms with Gasteiger partial charge in [0.2, 0.25) is 0 Å². The van der Waals surface area contributed by atoms with E-state index in [1.807, 2.05) is 24.3 Å². The zero-order valence-corrected chi connectivity index (χ0v) is 17.5. The smallest absolute Gasteiger partial charge is 0.256 e. The number of methoxy groups -OCH3 is 2. The lowest BCUT2D eigenvalue weighted by Gasteiger charge is -2.24. The Bertz CT molecular complexity index is 830. The molecule has 2 aliphatic rings. The summed E-state index contributed by atoms with van der Waals surface area (Å²) in [6.45, 7) is 2.78. The molecule has 4 rings (SSSR count). The van der Waals surface area contributed by atoms with Gasteiger partial charge in [-0.25, -0.2) is 4.98 Å². The SMILES string of the molecule is COc1ccc(O[C@H]2C[C@@H]3CN(CC(CO)c4ccc(O)c(OC)n4)C[C@@H]3C2)cc1. The summed E-state index contributed by atoms with van der Waals surface area (Å²) in [5, 5.41) is 19.7. The van der Waals surface area contributed by atoms with E-state index in [2.05, 4.69) is 9.88 Å². The molecule has 0 spiro atoms. The molecule has 2 fully saturated rings. The van der Waals surface area contributed by atoms with E-state index < -0.39 is 0 Å². The Morgan fingerprint density at radius 1 is 1.00 bits per heavy atom. The molecule has 30 heavy (non-hydrogen) atoms. The van der Waals surface area contributed by atoms with Crippen LogP contribution in [0, 0.1) is 11.8 Å². The summed E-state index contributed by atoms with van der Waals surface area (Å²) in [6.07, 6.45) is 2.37. The van der Waals surface area contributed by atoms with Crippen LogP contribution in [0.15, 0.2) is 36.4 Å². The zero-order chi connectivity index (χ0) is 21.1. The maximum Gasteiger partial charge on any atom is 0.256 e. The highest BCUT2D eigenvalue weighted by Crippen LogP contribution is 2.40. The van der Waals surface area contributed by atoms with Gasteiger partial charge in [0.15, 0.2) is 5.75 Å². The van der Waals surface area contributed by atoms with Crippen LogP contribution in [0.2, 0.25) is 0 Å². The molecule has 162 valence electrons. The highest BCUT2D eigenvalue weighted by Gasteiger charge is 2.42. The molecule has 0 radical (unpaired) electrons. The number of aromatic nitrogens is 1. The maximum atomic E-state index is 9.92. The number of rotatable bonds is 8. The van der Waals surface area contributed by atoms with E-state index in [1.165, 1.54) is 7.11 Å². The van der Waals surface area contributed by atoms with Gasteiger partial charge in [-0.2, -0.15) is 0 Å². The average molecular weight is 415 g/mol. The number of ether oxygens (including phenoxy) is 3. The van der Waals surface area contributed by atoms with Crippen molar-refractivity contribution in [2.24, 2.45) is 11.8 Å². The van der Waals surface area contributed by atoms with Crippen molar-refractivity contribution in [2.75, 3.05) is 40.5 Å². The molecule has 2 N–H and O–H groups in total. The summed E-state index contributed by atoms with van der Waals surface area (Å²) in [7, 11) is 3.14. The highest BCUT2D eigenvalue weighted by atomic mass is 16.5. The molecule has 2 aromatic rings. The lowest BCUT2D eigenvalue weighted by atomic mass is 10.0. The molecule has 1 aliphatic heterocycles. The van der Waals surface area contributed by atoms with Crippen LogP contribution >= 0.6 is 0 Å². The second-order valence-corrected chi connectivity index (χ2v) is 8.27. The van der Waals surface area contributed by atoms with E-state index in [0.29, 0.717) is 11.8 Å². The number of benzene rings is 1. The van der Waals surface area contributed by atoms with Gasteiger partial charge in [-0.15, -0.1) is 0 Å². The standard InChI is InChI=1S/C23H30N2O5/c1-28-18-3-5-19(6-4-18)30-20-9-15-11-25(12-16(15)10-20)13-17(14-26)21-7-8-22(27)23(24-21)29-2/h3-8,15-17,20,26-27H,9-14H2,1-2H3/t15-,16+,17?,20+. The van der Waals surface area contributed by atoms with Gasteiger partial charge < -0.3 is 29.3 Å². The van der Waals surface area contributed by atoms with Crippen molar-refractivity contribution in [3.05, 3.63) is 42.1 Å². The predicted molar refractivity (Wildman–Crippen MR) is 112 cm³/mol. The molecule has 2 heterocycles. The second kappa shape index (κ2) is 9.10. The van der Waals surface area contributed by atoms with E-state index in [0.717, 1.165) is 49.7 Å². The van der Waals surface area contributed by atoms with Crippen molar-refractivity contribution in [3.8, 4) is 23.1 Å². The number of hydrogen-bond acceptors (Lipinski definition) is 7. The molecule has 4 atom stereocenters. The second-order valence-electron chi connectivity index (χ2n) is 8.27. The minimum absolute atomic E-state index is 0.00989. The molecule has 1 aromatic carbocycles. The molecule has 0 amide bonds. The topological polar surface area (TPSA) is 84.3 Å². The Morgan fingerprint density at radius 2 is 1.67 bits per heavy atom. The number of pyridine rings is 1. The van der Waals surface area contributed by atoms with Gasteiger partial charge in [-0.3, -0.25) is 0 Å². The monoisotopic (exact) mass is 414 g/mol. The zero-order valence-electron chi connectivity index (χ0n) is 17.5. The number of aliphatic hydroxyl groups is 1. The first-order valence-corrected chi connectivity index (χ1v) is 10.5. The number of aliphatic hydroxyl groups excluding tert-OH is 1. The van der Waals surface area contributed by atoms with E-state index in [9.17, 15) is 10.2 Å².